The summed E-state index contributed by atoms with van der Waals surface area (Å²) >= 11 is 0. The lowest BCUT2D eigenvalue weighted by Crippen LogP contribution is -2.40. The highest BCUT2D eigenvalue weighted by Gasteiger charge is 2.29. The third kappa shape index (κ3) is 3.17. The first-order valence-electron chi connectivity index (χ1n) is 6.28. The summed E-state index contributed by atoms with van der Waals surface area (Å²) < 4.78 is 37.7. The molecule has 0 saturated carbocycles. The van der Waals surface area contributed by atoms with E-state index in [0.717, 1.165) is 12.8 Å². The Bertz CT molecular complexity index is 530. The molecule has 19 heavy (non-hydrogen) atoms. The number of sulfonamides is 1. The van der Waals surface area contributed by atoms with Gasteiger partial charge in [0.1, 0.15) is 23.0 Å². The monoisotopic (exact) mass is 289 g/mol. The van der Waals surface area contributed by atoms with E-state index in [9.17, 15) is 8.42 Å². The quantitative estimate of drug-likeness (QED) is 0.841. The lowest BCUT2D eigenvalue weighted by atomic mass is 10.1. The van der Waals surface area contributed by atoms with Crippen LogP contribution < -0.4 is 4.72 Å². The van der Waals surface area contributed by atoms with Crippen LogP contribution in [0, 0.1) is 6.92 Å². The molecule has 1 aliphatic heterocycles. The number of nitrogens with one attached hydrogen (secondary N) is 1. The van der Waals surface area contributed by atoms with E-state index in [4.69, 9.17) is 14.3 Å². The Kier molecular flexibility index (Phi) is 4.29. The van der Waals surface area contributed by atoms with Crippen LogP contribution in [-0.4, -0.2) is 32.3 Å². The van der Waals surface area contributed by atoms with Crippen molar-refractivity contribution in [1.29, 1.82) is 0 Å². The number of ether oxygens (including phenoxy) is 1. The molecule has 2 atom stereocenters. The van der Waals surface area contributed by atoms with Gasteiger partial charge in [-0.25, -0.2) is 13.1 Å². The van der Waals surface area contributed by atoms with Gasteiger partial charge >= 0.3 is 0 Å². The molecular formula is C12H19NO5S. The molecule has 2 N–H and O–H groups in total. The third-order valence-corrected chi connectivity index (χ3v) is 4.90. The average Bonchev–Trinajstić information content (AvgIpc) is 2.96. The van der Waals surface area contributed by atoms with Crippen molar-refractivity contribution in [1.82, 2.24) is 4.72 Å². The summed E-state index contributed by atoms with van der Waals surface area (Å²) in [6, 6.07) is 1.05. The Morgan fingerprint density at radius 3 is 2.84 bits per heavy atom. The minimum atomic E-state index is -3.65. The third-order valence-electron chi connectivity index (χ3n) is 3.23. The van der Waals surface area contributed by atoms with Crippen LogP contribution in [0.15, 0.2) is 15.4 Å². The average molecular weight is 289 g/mol. The van der Waals surface area contributed by atoms with Crippen LogP contribution in [0.4, 0.5) is 0 Å². The van der Waals surface area contributed by atoms with E-state index in [1.54, 1.807) is 13.8 Å². The molecule has 1 saturated heterocycles. The van der Waals surface area contributed by atoms with Gasteiger partial charge in [-0.05, 0) is 26.7 Å². The van der Waals surface area contributed by atoms with Gasteiger partial charge in [0.05, 0.1) is 6.10 Å². The van der Waals surface area contributed by atoms with E-state index in [-0.39, 0.29) is 35.2 Å². The SMILES string of the molecule is Cc1oc(CO)cc1S(=O)(=O)NC(C)C1CCCO1. The normalized spacial score (nSPS) is 21.7. The summed E-state index contributed by atoms with van der Waals surface area (Å²) in [5, 5.41) is 8.97. The van der Waals surface area contributed by atoms with Gasteiger partial charge in [-0.3, -0.25) is 0 Å². The van der Waals surface area contributed by atoms with Crippen molar-refractivity contribution in [3.05, 3.63) is 17.6 Å². The van der Waals surface area contributed by atoms with Crippen molar-refractivity contribution in [3.8, 4) is 0 Å². The predicted octanol–water partition coefficient (Wildman–Crippen LogP) is 0.926. The highest BCUT2D eigenvalue weighted by atomic mass is 32.2. The van der Waals surface area contributed by atoms with Gasteiger partial charge in [0.25, 0.3) is 0 Å². The molecule has 1 fully saturated rings. The second-order valence-electron chi connectivity index (χ2n) is 4.75. The van der Waals surface area contributed by atoms with Crippen molar-refractivity contribution in [2.45, 2.75) is 50.3 Å². The smallest absolute Gasteiger partial charge is 0.244 e. The van der Waals surface area contributed by atoms with Crippen LogP contribution in [0.25, 0.3) is 0 Å². The number of aliphatic hydroxyl groups is 1. The Labute approximate surface area is 112 Å². The van der Waals surface area contributed by atoms with Gasteiger partial charge in [-0.1, -0.05) is 0 Å². The molecule has 0 aromatic carbocycles. The van der Waals surface area contributed by atoms with E-state index >= 15 is 0 Å². The number of hydrogen-bond donors (Lipinski definition) is 2. The van der Waals surface area contributed by atoms with E-state index in [1.165, 1.54) is 6.07 Å². The molecule has 1 aromatic heterocycles. The van der Waals surface area contributed by atoms with Gasteiger partial charge in [-0.15, -0.1) is 0 Å². The van der Waals surface area contributed by atoms with E-state index < -0.39 is 10.0 Å². The van der Waals surface area contributed by atoms with Crippen LogP contribution in [0.3, 0.4) is 0 Å². The topological polar surface area (TPSA) is 88.8 Å². The first kappa shape index (κ1) is 14.5. The van der Waals surface area contributed by atoms with Gasteiger partial charge < -0.3 is 14.3 Å². The van der Waals surface area contributed by atoms with E-state index in [1.807, 2.05) is 0 Å². The summed E-state index contributed by atoms with van der Waals surface area (Å²) in [5.74, 6) is 0.513. The molecule has 0 bridgehead atoms. The predicted molar refractivity (Wildman–Crippen MR) is 68.1 cm³/mol. The molecule has 2 rings (SSSR count). The molecule has 2 unspecified atom stereocenters. The molecule has 0 radical (unpaired) electrons. The number of aryl methyl sites for hydroxylation is 1. The number of rotatable bonds is 5. The number of aliphatic hydroxyl groups excluding tert-OH is 1. The van der Waals surface area contributed by atoms with Crippen molar-refractivity contribution in [2.24, 2.45) is 0 Å². The van der Waals surface area contributed by atoms with Crippen LogP contribution in [-0.2, 0) is 21.4 Å². The maximum atomic E-state index is 12.2. The van der Waals surface area contributed by atoms with Crippen molar-refractivity contribution in [3.63, 3.8) is 0 Å². The van der Waals surface area contributed by atoms with Crippen LogP contribution in [0.1, 0.15) is 31.3 Å². The minimum Gasteiger partial charge on any atom is -0.462 e. The fraction of sp³-hybridized carbons (Fsp3) is 0.667. The van der Waals surface area contributed by atoms with Crippen LogP contribution in [0.2, 0.25) is 0 Å². The second kappa shape index (κ2) is 5.62. The highest BCUT2D eigenvalue weighted by molar-refractivity contribution is 7.89. The molecule has 6 nitrogen and oxygen atoms in total. The Balaban J connectivity index is 2.14. The zero-order valence-electron chi connectivity index (χ0n) is 11.0. The Morgan fingerprint density at radius 1 is 1.58 bits per heavy atom. The fourth-order valence-corrected chi connectivity index (χ4v) is 3.72. The first-order chi connectivity index (χ1) is 8.94. The van der Waals surface area contributed by atoms with Crippen molar-refractivity contribution < 1.29 is 22.7 Å². The summed E-state index contributed by atoms with van der Waals surface area (Å²) in [6.45, 7) is 3.70. The van der Waals surface area contributed by atoms with Gasteiger partial charge in [0.15, 0.2) is 0 Å². The Hall–Kier alpha value is -0.890. The Morgan fingerprint density at radius 2 is 2.32 bits per heavy atom. The van der Waals surface area contributed by atoms with Gasteiger partial charge in [-0.2, -0.15) is 0 Å². The molecule has 0 spiro atoms. The molecule has 1 aromatic rings. The maximum absolute atomic E-state index is 12.2. The van der Waals surface area contributed by atoms with Crippen molar-refractivity contribution >= 4 is 10.0 Å². The zero-order chi connectivity index (χ0) is 14.0. The van der Waals surface area contributed by atoms with Crippen LogP contribution >= 0.6 is 0 Å². The molecule has 2 heterocycles. The summed E-state index contributed by atoms with van der Waals surface area (Å²) in [4.78, 5) is 0.0707. The lowest BCUT2D eigenvalue weighted by molar-refractivity contribution is 0.0902. The number of furan rings is 1. The van der Waals surface area contributed by atoms with E-state index in [2.05, 4.69) is 4.72 Å². The molecule has 1 aliphatic rings. The van der Waals surface area contributed by atoms with Gasteiger partial charge in [0.2, 0.25) is 10.0 Å². The maximum Gasteiger partial charge on any atom is 0.244 e. The molecular weight excluding hydrogens is 270 g/mol. The largest absolute Gasteiger partial charge is 0.462 e. The van der Waals surface area contributed by atoms with Gasteiger partial charge in [0, 0.05) is 18.7 Å². The van der Waals surface area contributed by atoms with Crippen molar-refractivity contribution in [2.75, 3.05) is 6.61 Å². The fourth-order valence-electron chi connectivity index (χ4n) is 2.25. The standard InChI is InChI=1S/C12H19NO5S/c1-8(11-4-3-5-17-11)13-19(15,16)12-6-10(7-14)18-9(12)2/h6,8,11,13-14H,3-5,7H2,1-2H3. The zero-order valence-corrected chi connectivity index (χ0v) is 11.9. The lowest BCUT2D eigenvalue weighted by Gasteiger charge is -2.19. The molecule has 0 amide bonds. The molecule has 7 heteroatoms. The number of hydrogen-bond acceptors (Lipinski definition) is 5. The molecule has 0 aliphatic carbocycles. The summed E-state index contributed by atoms with van der Waals surface area (Å²) in [6.07, 6.45) is 1.73. The summed E-state index contributed by atoms with van der Waals surface area (Å²) in [7, 11) is -3.65. The second-order valence-corrected chi connectivity index (χ2v) is 6.44. The summed E-state index contributed by atoms with van der Waals surface area (Å²) in [5.41, 5.74) is 0. The van der Waals surface area contributed by atoms with E-state index in [0.29, 0.717) is 6.61 Å². The minimum absolute atomic E-state index is 0.0707. The molecule has 108 valence electrons. The van der Waals surface area contributed by atoms with Crippen LogP contribution in [0.5, 0.6) is 0 Å². The highest BCUT2D eigenvalue weighted by Crippen LogP contribution is 2.22. The first-order valence-corrected chi connectivity index (χ1v) is 7.76.